The van der Waals surface area contributed by atoms with Crippen molar-refractivity contribution < 1.29 is 9.53 Å². The maximum atomic E-state index is 11.8. The van der Waals surface area contributed by atoms with Gasteiger partial charge in [-0.15, -0.1) is 12.4 Å². The zero-order chi connectivity index (χ0) is 15.0. The topological polar surface area (TPSA) is 50.4 Å². The van der Waals surface area contributed by atoms with E-state index >= 15 is 0 Å². The van der Waals surface area contributed by atoms with Gasteiger partial charge < -0.3 is 15.4 Å². The number of carbonyl (C=O) groups excluding carboxylic acids is 1. The summed E-state index contributed by atoms with van der Waals surface area (Å²) in [5.41, 5.74) is 0.997. The first-order valence-electron chi connectivity index (χ1n) is 7.17. The van der Waals surface area contributed by atoms with Gasteiger partial charge in [-0.3, -0.25) is 4.79 Å². The lowest BCUT2D eigenvalue weighted by Crippen LogP contribution is -2.37. The van der Waals surface area contributed by atoms with E-state index in [4.69, 9.17) is 4.74 Å². The molecular weight excluding hydrogens is 288 g/mol. The molecule has 0 aliphatic carbocycles. The highest BCUT2D eigenvalue weighted by Crippen LogP contribution is 2.13. The van der Waals surface area contributed by atoms with Gasteiger partial charge in [-0.2, -0.15) is 0 Å². The largest absolute Gasteiger partial charge is 0.493 e. The summed E-state index contributed by atoms with van der Waals surface area (Å²) in [5, 5.41) is 5.99. The Bertz CT molecular complexity index is 407. The second kappa shape index (κ2) is 10.5. The molecule has 21 heavy (non-hydrogen) atoms. The minimum absolute atomic E-state index is 0. The summed E-state index contributed by atoms with van der Waals surface area (Å²) in [6, 6.07) is 8.00. The summed E-state index contributed by atoms with van der Waals surface area (Å²) in [6.45, 7) is 7.61. The van der Waals surface area contributed by atoms with Crippen LogP contribution in [0.15, 0.2) is 24.3 Å². The highest BCUT2D eigenvalue weighted by molar-refractivity contribution is 5.85. The minimum atomic E-state index is 0. The molecule has 0 saturated carbocycles. The van der Waals surface area contributed by atoms with Gasteiger partial charge in [0.1, 0.15) is 5.75 Å². The Hall–Kier alpha value is -1.26. The Morgan fingerprint density at radius 1 is 1.19 bits per heavy atom. The normalized spacial score (nSPS) is 11.7. The monoisotopic (exact) mass is 314 g/mol. The van der Waals surface area contributed by atoms with Crippen molar-refractivity contribution in [1.82, 2.24) is 10.6 Å². The Balaban J connectivity index is 0.00000400. The van der Waals surface area contributed by atoms with E-state index in [1.54, 1.807) is 0 Å². The molecule has 1 rings (SSSR count). The second-order valence-electron chi connectivity index (χ2n) is 5.52. The average Bonchev–Trinajstić information content (AvgIpc) is 2.44. The molecule has 0 heterocycles. The molecule has 1 aromatic carbocycles. The zero-order valence-corrected chi connectivity index (χ0v) is 14.1. The van der Waals surface area contributed by atoms with Gasteiger partial charge in [-0.1, -0.05) is 26.0 Å². The van der Waals surface area contributed by atoms with Gasteiger partial charge in [0.05, 0.1) is 13.0 Å². The number of halogens is 1. The van der Waals surface area contributed by atoms with Gasteiger partial charge in [0.2, 0.25) is 5.91 Å². The van der Waals surface area contributed by atoms with Crippen molar-refractivity contribution in [2.45, 2.75) is 33.2 Å². The fourth-order valence-corrected chi connectivity index (χ4v) is 1.58. The number of rotatable bonds is 8. The Morgan fingerprint density at radius 3 is 2.33 bits per heavy atom. The standard InChI is InChI=1S/C16H26N2O2.ClH/c1-12(2)11-20-15-7-5-14(6-8-15)9-16(19)18-10-13(3)17-4;/h5-8,12-13,17H,9-11H2,1-4H3,(H,18,19);1H. The number of ether oxygens (including phenoxy) is 1. The molecule has 0 radical (unpaired) electrons. The van der Waals surface area contributed by atoms with Gasteiger partial charge >= 0.3 is 0 Å². The fourth-order valence-electron chi connectivity index (χ4n) is 1.58. The smallest absolute Gasteiger partial charge is 0.224 e. The van der Waals surface area contributed by atoms with Crippen LogP contribution in [-0.4, -0.2) is 32.1 Å². The summed E-state index contributed by atoms with van der Waals surface area (Å²) >= 11 is 0. The van der Waals surface area contributed by atoms with Crippen LogP contribution in [0.1, 0.15) is 26.3 Å². The molecule has 5 heteroatoms. The molecule has 0 aromatic heterocycles. The Morgan fingerprint density at radius 2 is 1.81 bits per heavy atom. The average molecular weight is 315 g/mol. The van der Waals surface area contributed by atoms with Gasteiger partial charge in [0.15, 0.2) is 0 Å². The molecule has 1 aromatic rings. The number of carbonyl (C=O) groups is 1. The van der Waals surface area contributed by atoms with Crippen LogP contribution in [0.2, 0.25) is 0 Å². The zero-order valence-electron chi connectivity index (χ0n) is 13.3. The van der Waals surface area contributed by atoms with Crippen LogP contribution in [0.3, 0.4) is 0 Å². The van der Waals surface area contributed by atoms with Gasteiger partial charge in [0, 0.05) is 12.6 Å². The van der Waals surface area contributed by atoms with Crippen LogP contribution in [0.4, 0.5) is 0 Å². The van der Waals surface area contributed by atoms with E-state index in [1.807, 2.05) is 38.2 Å². The van der Waals surface area contributed by atoms with E-state index in [-0.39, 0.29) is 24.4 Å². The van der Waals surface area contributed by atoms with Crippen molar-refractivity contribution >= 4 is 18.3 Å². The number of hydrogen-bond acceptors (Lipinski definition) is 3. The van der Waals surface area contributed by atoms with Crippen LogP contribution in [0, 0.1) is 5.92 Å². The summed E-state index contributed by atoms with van der Waals surface area (Å²) in [4.78, 5) is 11.8. The number of nitrogens with one attached hydrogen (secondary N) is 2. The van der Waals surface area contributed by atoms with Gasteiger partial charge in [0.25, 0.3) is 0 Å². The van der Waals surface area contributed by atoms with Crippen molar-refractivity contribution in [1.29, 1.82) is 0 Å². The summed E-state index contributed by atoms with van der Waals surface area (Å²) < 4.78 is 5.61. The highest BCUT2D eigenvalue weighted by atomic mass is 35.5. The lowest BCUT2D eigenvalue weighted by molar-refractivity contribution is -0.120. The maximum Gasteiger partial charge on any atom is 0.224 e. The molecule has 1 amide bonds. The molecule has 120 valence electrons. The van der Waals surface area contributed by atoms with Crippen LogP contribution in [-0.2, 0) is 11.2 Å². The first-order chi connectivity index (χ1) is 9.51. The SMILES string of the molecule is CNC(C)CNC(=O)Cc1ccc(OCC(C)C)cc1.Cl. The van der Waals surface area contributed by atoms with Crippen LogP contribution in [0.25, 0.3) is 0 Å². The molecule has 1 unspecified atom stereocenters. The number of hydrogen-bond donors (Lipinski definition) is 2. The van der Waals surface area contributed by atoms with E-state index in [0.717, 1.165) is 11.3 Å². The molecule has 1 atom stereocenters. The molecule has 0 spiro atoms. The summed E-state index contributed by atoms with van der Waals surface area (Å²) in [5.74, 6) is 1.41. The molecule has 0 bridgehead atoms. The molecular formula is C16H27ClN2O2. The number of amides is 1. The number of likely N-dealkylation sites (N-methyl/N-ethyl adjacent to an activating group) is 1. The van der Waals surface area contributed by atoms with E-state index in [9.17, 15) is 4.79 Å². The molecule has 4 nitrogen and oxygen atoms in total. The first kappa shape index (κ1) is 19.7. The third kappa shape index (κ3) is 8.58. The molecule has 0 aliphatic rings. The quantitative estimate of drug-likeness (QED) is 0.775. The van der Waals surface area contributed by atoms with Crippen molar-refractivity contribution in [3.8, 4) is 5.75 Å². The summed E-state index contributed by atoms with van der Waals surface area (Å²) in [6.07, 6.45) is 0.404. The van der Waals surface area contributed by atoms with E-state index < -0.39 is 0 Å². The Labute approximate surface area is 134 Å². The molecule has 0 aliphatic heterocycles. The predicted octanol–water partition coefficient (Wildman–Crippen LogP) is 2.41. The summed E-state index contributed by atoms with van der Waals surface area (Å²) in [7, 11) is 1.88. The van der Waals surface area contributed by atoms with Crippen molar-refractivity contribution in [3.05, 3.63) is 29.8 Å². The third-order valence-corrected chi connectivity index (χ3v) is 2.97. The predicted molar refractivity (Wildman–Crippen MR) is 89.3 cm³/mol. The number of benzene rings is 1. The third-order valence-electron chi connectivity index (χ3n) is 2.97. The Kier molecular flexibility index (Phi) is 9.84. The minimum Gasteiger partial charge on any atom is -0.493 e. The lowest BCUT2D eigenvalue weighted by Gasteiger charge is -2.12. The maximum absolute atomic E-state index is 11.8. The van der Waals surface area contributed by atoms with Crippen molar-refractivity contribution in [3.63, 3.8) is 0 Å². The molecule has 0 saturated heterocycles. The van der Waals surface area contributed by atoms with Gasteiger partial charge in [-0.05, 0) is 37.6 Å². The highest BCUT2D eigenvalue weighted by Gasteiger charge is 2.05. The van der Waals surface area contributed by atoms with E-state index in [2.05, 4.69) is 24.5 Å². The molecule has 0 fully saturated rings. The van der Waals surface area contributed by atoms with Crippen molar-refractivity contribution in [2.75, 3.05) is 20.2 Å². The van der Waals surface area contributed by atoms with Crippen LogP contribution in [0.5, 0.6) is 5.75 Å². The van der Waals surface area contributed by atoms with Crippen molar-refractivity contribution in [2.24, 2.45) is 5.92 Å². The van der Waals surface area contributed by atoms with Crippen LogP contribution >= 0.6 is 12.4 Å². The first-order valence-corrected chi connectivity index (χ1v) is 7.17. The van der Waals surface area contributed by atoms with Crippen LogP contribution < -0.4 is 15.4 Å². The second-order valence-corrected chi connectivity index (χ2v) is 5.52. The lowest BCUT2D eigenvalue weighted by atomic mass is 10.1. The van der Waals surface area contributed by atoms with E-state index in [1.165, 1.54) is 0 Å². The molecule has 2 N–H and O–H groups in total. The van der Waals surface area contributed by atoms with E-state index in [0.29, 0.717) is 25.5 Å². The van der Waals surface area contributed by atoms with Gasteiger partial charge in [-0.25, -0.2) is 0 Å². The fraction of sp³-hybridized carbons (Fsp3) is 0.562.